The molecule has 1 aliphatic heterocycles. The molecule has 2 atom stereocenters. The molecule has 1 saturated heterocycles. The lowest BCUT2D eigenvalue weighted by Crippen LogP contribution is -2.34. The average molecular weight is 218 g/mol. The van der Waals surface area contributed by atoms with Crippen LogP contribution in [0.5, 0.6) is 0 Å². The minimum absolute atomic E-state index is 0.604. The topological polar surface area (TPSA) is 15.3 Å². The van der Waals surface area contributed by atoms with Gasteiger partial charge in [-0.15, -0.1) is 0 Å². The molecular weight excluding hydrogens is 196 g/mol. The standard InChI is InChI=1S/C14H22N2/c1-12(13-6-4-3-5-7-13)10-15-14-8-9-16(2)11-14/h3-7,12,14-15H,8-11H2,1-2H3. The van der Waals surface area contributed by atoms with Gasteiger partial charge in [0.15, 0.2) is 0 Å². The van der Waals surface area contributed by atoms with Gasteiger partial charge in [0.05, 0.1) is 0 Å². The molecular formula is C14H22N2. The van der Waals surface area contributed by atoms with Crippen molar-refractivity contribution in [2.75, 3.05) is 26.7 Å². The molecule has 0 bridgehead atoms. The van der Waals surface area contributed by atoms with Gasteiger partial charge in [0.1, 0.15) is 0 Å². The Kier molecular flexibility index (Phi) is 3.97. The van der Waals surface area contributed by atoms with Gasteiger partial charge in [0, 0.05) is 19.1 Å². The van der Waals surface area contributed by atoms with Crippen molar-refractivity contribution in [2.24, 2.45) is 0 Å². The van der Waals surface area contributed by atoms with Crippen molar-refractivity contribution in [3.05, 3.63) is 35.9 Å². The molecule has 1 N–H and O–H groups in total. The Morgan fingerprint density at radius 2 is 2.12 bits per heavy atom. The van der Waals surface area contributed by atoms with Gasteiger partial charge >= 0.3 is 0 Å². The average Bonchev–Trinajstić information content (AvgIpc) is 2.73. The predicted molar refractivity (Wildman–Crippen MR) is 68.8 cm³/mol. The summed E-state index contributed by atoms with van der Waals surface area (Å²) in [5, 5.41) is 3.67. The molecule has 0 aliphatic carbocycles. The van der Waals surface area contributed by atoms with Gasteiger partial charge in [-0.25, -0.2) is 0 Å². The van der Waals surface area contributed by atoms with Gasteiger partial charge in [-0.2, -0.15) is 0 Å². The Hall–Kier alpha value is -0.860. The van der Waals surface area contributed by atoms with Crippen LogP contribution in [0.25, 0.3) is 0 Å². The first kappa shape index (κ1) is 11.6. The Morgan fingerprint density at radius 3 is 2.75 bits per heavy atom. The molecule has 1 heterocycles. The van der Waals surface area contributed by atoms with Gasteiger partial charge in [-0.3, -0.25) is 0 Å². The van der Waals surface area contributed by atoms with Crippen LogP contribution in [0.4, 0.5) is 0 Å². The summed E-state index contributed by atoms with van der Waals surface area (Å²) in [6.45, 7) is 5.81. The molecule has 1 aromatic carbocycles. The van der Waals surface area contributed by atoms with Crippen LogP contribution in [0, 0.1) is 0 Å². The first-order valence-electron chi connectivity index (χ1n) is 6.22. The van der Waals surface area contributed by atoms with Crippen LogP contribution < -0.4 is 5.32 Å². The quantitative estimate of drug-likeness (QED) is 0.832. The second-order valence-corrected chi connectivity index (χ2v) is 4.97. The van der Waals surface area contributed by atoms with Gasteiger partial charge in [0.2, 0.25) is 0 Å². The third-order valence-corrected chi connectivity index (χ3v) is 3.47. The maximum atomic E-state index is 3.67. The molecule has 16 heavy (non-hydrogen) atoms. The van der Waals surface area contributed by atoms with E-state index in [-0.39, 0.29) is 0 Å². The number of nitrogens with zero attached hydrogens (tertiary/aromatic N) is 1. The molecule has 2 unspecified atom stereocenters. The van der Waals surface area contributed by atoms with Crippen LogP contribution in [0.1, 0.15) is 24.8 Å². The summed E-state index contributed by atoms with van der Waals surface area (Å²) >= 11 is 0. The third kappa shape index (κ3) is 3.06. The van der Waals surface area contributed by atoms with Gasteiger partial charge in [-0.05, 0) is 31.5 Å². The normalized spacial score (nSPS) is 23.5. The number of benzene rings is 1. The van der Waals surface area contributed by atoms with Crippen molar-refractivity contribution in [3.63, 3.8) is 0 Å². The number of rotatable bonds is 4. The molecule has 0 aromatic heterocycles. The molecule has 88 valence electrons. The number of nitrogens with one attached hydrogen (secondary N) is 1. The highest BCUT2D eigenvalue weighted by Gasteiger charge is 2.19. The molecule has 2 nitrogen and oxygen atoms in total. The maximum Gasteiger partial charge on any atom is 0.0207 e. The summed E-state index contributed by atoms with van der Waals surface area (Å²) in [4.78, 5) is 2.39. The number of likely N-dealkylation sites (N-methyl/N-ethyl adjacent to an activating group) is 1. The lowest BCUT2D eigenvalue weighted by atomic mass is 10.0. The van der Waals surface area contributed by atoms with E-state index in [1.807, 2.05) is 0 Å². The van der Waals surface area contributed by atoms with Crippen molar-refractivity contribution < 1.29 is 0 Å². The highest BCUT2D eigenvalue weighted by molar-refractivity contribution is 5.19. The summed E-state index contributed by atoms with van der Waals surface area (Å²) in [7, 11) is 2.20. The number of likely N-dealkylation sites (tertiary alicyclic amines) is 1. The fraction of sp³-hybridized carbons (Fsp3) is 0.571. The zero-order chi connectivity index (χ0) is 11.4. The largest absolute Gasteiger partial charge is 0.312 e. The minimum atomic E-state index is 0.604. The van der Waals surface area contributed by atoms with Crippen LogP contribution in [0.2, 0.25) is 0 Å². The Bertz CT molecular complexity index is 310. The van der Waals surface area contributed by atoms with E-state index >= 15 is 0 Å². The van der Waals surface area contributed by atoms with Crippen LogP contribution in [0.15, 0.2) is 30.3 Å². The highest BCUT2D eigenvalue weighted by atomic mass is 15.2. The Labute approximate surface area is 98.7 Å². The van der Waals surface area contributed by atoms with E-state index in [0.29, 0.717) is 12.0 Å². The first-order chi connectivity index (χ1) is 7.75. The number of hydrogen-bond donors (Lipinski definition) is 1. The second-order valence-electron chi connectivity index (χ2n) is 4.97. The smallest absolute Gasteiger partial charge is 0.0207 e. The van der Waals surface area contributed by atoms with E-state index in [4.69, 9.17) is 0 Å². The fourth-order valence-electron chi connectivity index (χ4n) is 2.34. The zero-order valence-corrected chi connectivity index (χ0v) is 10.3. The summed E-state index contributed by atoms with van der Waals surface area (Å²) in [5.41, 5.74) is 1.43. The summed E-state index contributed by atoms with van der Waals surface area (Å²) in [5.74, 6) is 0.604. The maximum absolute atomic E-state index is 3.67. The zero-order valence-electron chi connectivity index (χ0n) is 10.3. The monoisotopic (exact) mass is 218 g/mol. The molecule has 0 spiro atoms. The first-order valence-corrected chi connectivity index (χ1v) is 6.22. The van der Waals surface area contributed by atoms with Crippen LogP contribution >= 0.6 is 0 Å². The second kappa shape index (κ2) is 5.46. The lowest BCUT2D eigenvalue weighted by molar-refractivity contribution is 0.396. The van der Waals surface area contributed by atoms with Crippen molar-refractivity contribution in [1.82, 2.24) is 10.2 Å². The molecule has 2 heteroatoms. The highest BCUT2D eigenvalue weighted by Crippen LogP contribution is 2.14. The van der Waals surface area contributed by atoms with E-state index in [0.717, 1.165) is 6.54 Å². The summed E-state index contributed by atoms with van der Waals surface area (Å²) in [6.07, 6.45) is 1.29. The fourth-order valence-corrected chi connectivity index (χ4v) is 2.34. The van der Waals surface area contributed by atoms with Crippen molar-refractivity contribution >= 4 is 0 Å². The predicted octanol–water partition coefficient (Wildman–Crippen LogP) is 2.08. The van der Waals surface area contributed by atoms with Crippen LogP contribution in [0.3, 0.4) is 0 Å². The molecule has 1 fully saturated rings. The summed E-state index contributed by atoms with van der Waals surface area (Å²) in [6, 6.07) is 11.4. The molecule has 1 aliphatic rings. The molecule has 0 saturated carbocycles. The summed E-state index contributed by atoms with van der Waals surface area (Å²) < 4.78 is 0. The van der Waals surface area contributed by atoms with Crippen LogP contribution in [-0.2, 0) is 0 Å². The van der Waals surface area contributed by atoms with Gasteiger partial charge < -0.3 is 10.2 Å². The SMILES string of the molecule is CC(CNC1CCN(C)C1)c1ccccc1. The lowest BCUT2D eigenvalue weighted by Gasteiger charge is -2.17. The van der Waals surface area contributed by atoms with Crippen molar-refractivity contribution in [1.29, 1.82) is 0 Å². The molecule has 2 rings (SSSR count). The van der Waals surface area contributed by atoms with Gasteiger partial charge in [-0.1, -0.05) is 37.3 Å². The van der Waals surface area contributed by atoms with Crippen molar-refractivity contribution in [3.8, 4) is 0 Å². The van der Waals surface area contributed by atoms with E-state index in [9.17, 15) is 0 Å². The molecule has 0 amide bonds. The van der Waals surface area contributed by atoms with E-state index in [2.05, 4.69) is 54.5 Å². The van der Waals surface area contributed by atoms with Crippen LogP contribution in [-0.4, -0.2) is 37.6 Å². The van der Waals surface area contributed by atoms with E-state index in [1.54, 1.807) is 0 Å². The van der Waals surface area contributed by atoms with E-state index in [1.165, 1.54) is 25.1 Å². The van der Waals surface area contributed by atoms with E-state index < -0.39 is 0 Å². The Morgan fingerprint density at radius 1 is 1.38 bits per heavy atom. The minimum Gasteiger partial charge on any atom is -0.312 e. The van der Waals surface area contributed by atoms with Gasteiger partial charge in [0.25, 0.3) is 0 Å². The number of hydrogen-bond acceptors (Lipinski definition) is 2. The molecule has 1 aromatic rings. The van der Waals surface area contributed by atoms with Crippen molar-refractivity contribution in [2.45, 2.75) is 25.3 Å². The Balaban J connectivity index is 1.78. The molecule has 0 radical (unpaired) electrons. The third-order valence-electron chi connectivity index (χ3n) is 3.47.